The van der Waals surface area contributed by atoms with Crippen LogP contribution in [0, 0.1) is 0 Å². The molecule has 0 aliphatic carbocycles. The molecule has 29 heavy (non-hydrogen) atoms. The topological polar surface area (TPSA) is 56.4 Å². The molecule has 1 fully saturated rings. The first-order valence-electron chi connectivity index (χ1n) is 10.2. The third-order valence-electron chi connectivity index (χ3n) is 5.80. The second-order valence-electron chi connectivity index (χ2n) is 8.14. The fraction of sp³-hybridized carbons (Fsp3) is 0.455. The number of fused-ring (bicyclic) bond motifs is 1. The minimum Gasteiger partial charge on any atom is -0.361 e. The number of thiophene rings is 1. The number of hydrogen-bond acceptors (Lipinski definition) is 4. The molecule has 0 radical (unpaired) electrons. The number of nitrogens with zero attached hydrogens (tertiary/aromatic N) is 2. The van der Waals surface area contributed by atoms with E-state index in [1.165, 1.54) is 27.0 Å². The number of aromatic amines is 1. The number of aromatic nitrogens is 1. The summed E-state index contributed by atoms with van der Waals surface area (Å²) in [5.74, 6) is 0.583. The molecule has 1 saturated heterocycles. The van der Waals surface area contributed by atoms with E-state index in [1.54, 1.807) is 22.6 Å². The van der Waals surface area contributed by atoms with Crippen LogP contribution in [0.25, 0.3) is 21.3 Å². The lowest BCUT2D eigenvalue weighted by Crippen LogP contribution is -2.38. The van der Waals surface area contributed by atoms with Crippen molar-refractivity contribution in [2.45, 2.75) is 32.2 Å². The Kier molecular flexibility index (Phi) is 5.84. The van der Waals surface area contributed by atoms with Crippen molar-refractivity contribution in [3.63, 3.8) is 0 Å². The largest absolute Gasteiger partial charge is 0.361 e. The fourth-order valence-corrected chi connectivity index (χ4v) is 6.27. The first kappa shape index (κ1) is 20.6. The molecule has 1 aliphatic heterocycles. The van der Waals surface area contributed by atoms with Crippen molar-refractivity contribution in [3.05, 3.63) is 47.0 Å². The number of rotatable bonds is 6. The van der Waals surface area contributed by atoms with Gasteiger partial charge < -0.3 is 9.88 Å². The summed E-state index contributed by atoms with van der Waals surface area (Å²) in [5.41, 5.74) is 5.06. The summed E-state index contributed by atoms with van der Waals surface area (Å²) in [6.45, 7) is 3.91. The average molecular weight is 432 g/mol. The summed E-state index contributed by atoms with van der Waals surface area (Å²) >= 11 is 1.79. The maximum atomic E-state index is 12.1. The van der Waals surface area contributed by atoms with E-state index in [-0.39, 0.29) is 5.75 Å². The Hall–Kier alpha value is -1.67. The maximum absolute atomic E-state index is 12.1. The zero-order valence-corrected chi connectivity index (χ0v) is 18.9. The van der Waals surface area contributed by atoms with Crippen molar-refractivity contribution < 1.29 is 8.42 Å². The quantitative estimate of drug-likeness (QED) is 0.626. The van der Waals surface area contributed by atoms with Crippen molar-refractivity contribution in [3.8, 4) is 10.4 Å². The molecule has 2 aromatic heterocycles. The van der Waals surface area contributed by atoms with E-state index < -0.39 is 10.0 Å². The molecule has 0 saturated carbocycles. The predicted molar refractivity (Wildman–Crippen MR) is 122 cm³/mol. The summed E-state index contributed by atoms with van der Waals surface area (Å²) in [7, 11) is 1.10. The summed E-state index contributed by atoms with van der Waals surface area (Å²) in [6.07, 6.45) is 3.87. The lowest BCUT2D eigenvalue weighted by Gasteiger charge is -2.30. The van der Waals surface area contributed by atoms with Gasteiger partial charge in [-0.25, -0.2) is 12.7 Å². The Morgan fingerprint density at radius 3 is 2.66 bits per heavy atom. The highest BCUT2D eigenvalue weighted by Gasteiger charge is 2.28. The molecule has 156 valence electrons. The standard InChI is InChI=1S/C22H29N3O2S2/c1-4-29(26,27)25-9-7-17(8-10-25)20-13-23-21-6-5-18(12-19(20)21)22-11-16(15-28-22)14-24(2)3/h5-6,11-13,15,17,23H,4,7-10,14H2,1-3H3. The molecule has 1 aliphatic rings. The van der Waals surface area contributed by atoms with Crippen molar-refractivity contribution in [1.29, 1.82) is 0 Å². The highest BCUT2D eigenvalue weighted by atomic mass is 32.2. The molecule has 1 N–H and O–H groups in total. The monoisotopic (exact) mass is 431 g/mol. The summed E-state index contributed by atoms with van der Waals surface area (Å²) in [4.78, 5) is 6.89. The van der Waals surface area contributed by atoms with Crippen molar-refractivity contribution >= 4 is 32.3 Å². The fourth-order valence-electron chi connectivity index (χ4n) is 4.24. The molecule has 1 aromatic carbocycles. The molecule has 0 bridgehead atoms. The molecule has 3 heterocycles. The van der Waals surface area contributed by atoms with E-state index in [4.69, 9.17) is 0 Å². The Balaban J connectivity index is 1.57. The third-order valence-corrected chi connectivity index (χ3v) is 8.71. The van der Waals surface area contributed by atoms with Gasteiger partial charge in [-0.15, -0.1) is 11.3 Å². The molecule has 0 unspecified atom stereocenters. The normalized spacial score (nSPS) is 16.8. The SMILES string of the molecule is CCS(=O)(=O)N1CCC(c2c[nH]c3ccc(-c4cc(CN(C)C)cs4)cc23)CC1. The van der Waals surface area contributed by atoms with Gasteiger partial charge in [0.05, 0.1) is 5.75 Å². The molecular weight excluding hydrogens is 402 g/mol. The smallest absolute Gasteiger partial charge is 0.213 e. The van der Waals surface area contributed by atoms with Gasteiger partial charge in [0, 0.05) is 41.6 Å². The Bertz CT molecular complexity index is 1090. The molecule has 0 spiro atoms. The maximum Gasteiger partial charge on any atom is 0.213 e. The zero-order chi connectivity index (χ0) is 20.6. The van der Waals surface area contributed by atoms with Gasteiger partial charge >= 0.3 is 0 Å². The van der Waals surface area contributed by atoms with Crippen LogP contribution in [0.5, 0.6) is 0 Å². The number of nitrogens with one attached hydrogen (secondary N) is 1. The Labute approximate surface area is 177 Å². The minimum absolute atomic E-state index is 0.185. The van der Waals surface area contributed by atoms with Gasteiger partial charge in [0.25, 0.3) is 0 Å². The molecule has 0 amide bonds. The van der Waals surface area contributed by atoms with Crippen molar-refractivity contribution in [2.75, 3.05) is 32.9 Å². The number of hydrogen-bond donors (Lipinski definition) is 1. The van der Waals surface area contributed by atoms with Gasteiger partial charge in [0.1, 0.15) is 0 Å². The molecule has 0 atom stereocenters. The predicted octanol–water partition coefficient (Wildman–Crippen LogP) is 4.49. The molecule has 7 heteroatoms. The van der Waals surface area contributed by atoms with E-state index in [9.17, 15) is 8.42 Å². The lowest BCUT2D eigenvalue weighted by atomic mass is 9.89. The van der Waals surface area contributed by atoms with E-state index >= 15 is 0 Å². The Morgan fingerprint density at radius 1 is 1.21 bits per heavy atom. The number of H-pyrrole nitrogens is 1. The summed E-state index contributed by atoms with van der Waals surface area (Å²) in [5, 5.41) is 3.50. The lowest BCUT2D eigenvalue weighted by molar-refractivity contribution is 0.321. The molecule has 4 rings (SSSR count). The van der Waals surface area contributed by atoms with Crippen LogP contribution in [0.1, 0.15) is 36.8 Å². The van der Waals surface area contributed by atoms with Crippen LogP contribution in [0.4, 0.5) is 0 Å². The second kappa shape index (κ2) is 8.22. The molecule has 3 aromatic rings. The van der Waals surface area contributed by atoms with E-state index in [0.29, 0.717) is 19.0 Å². The van der Waals surface area contributed by atoms with Gasteiger partial charge in [-0.05, 0) is 80.0 Å². The van der Waals surface area contributed by atoms with Crippen LogP contribution in [0.3, 0.4) is 0 Å². The van der Waals surface area contributed by atoms with Crippen LogP contribution >= 0.6 is 11.3 Å². The van der Waals surface area contributed by atoms with Gasteiger partial charge in [0.2, 0.25) is 10.0 Å². The number of piperidine rings is 1. The first-order valence-corrected chi connectivity index (χ1v) is 12.7. The summed E-state index contributed by atoms with van der Waals surface area (Å²) in [6, 6.07) is 8.92. The van der Waals surface area contributed by atoms with Crippen molar-refractivity contribution in [1.82, 2.24) is 14.2 Å². The first-order chi connectivity index (χ1) is 13.9. The van der Waals surface area contributed by atoms with Crippen LogP contribution in [0.2, 0.25) is 0 Å². The van der Waals surface area contributed by atoms with E-state index in [1.807, 2.05) is 0 Å². The van der Waals surface area contributed by atoms with Gasteiger partial charge in [-0.2, -0.15) is 0 Å². The highest BCUT2D eigenvalue weighted by molar-refractivity contribution is 7.89. The van der Waals surface area contributed by atoms with Crippen LogP contribution in [-0.2, 0) is 16.6 Å². The number of benzene rings is 1. The van der Waals surface area contributed by atoms with Crippen molar-refractivity contribution in [2.24, 2.45) is 0 Å². The van der Waals surface area contributed by atoms with E-state index in [0.717, 1.165) is 24.9 Å². The minimum atomic E-state index is -3.08. The third kappa shape index (κ3) is 4.28. The van der Waals surface area contributed by atoms with Crippen LogP contribution < -0.4 is 0 Å². The Morgan fingerprint density at radius 2 is 1.97 bits per heavy atom. The van der Waals surface area contributed by atoms with Gasteiger partial charge in [0.15, 0.2) is 0 Å². The van der Waals surface area contributed by atoms with Gasteiger partial charge in [-0.3, -0.25) is 0 Å². The average Bonchev–Trinajstić information content (AvgIpc) is 3.34. The number of sulfonamides is 1. The zero-order valence-electron chi connectivity index (χ0n) is 17.3. The van der Waals surface area contributed by atoms with Crippen LogP contribution in [0.15, 0.2) is 35.8 Å². The molecule has 5 nitrogen and oxygen atoms in total. The van der Waals surface area contributed by atoms with E-state index in [2.05, 4.69) is 59.8 Å². The second-order valence-corrected chi connectivity index (χ2v) is 11.3. The highest BCUT2D eigenvalue weighted by Crippen LogP contribution is 2.37. The van der Waals surface area contributed by atoms with Crippen LogP contribution in [-0.4, -0.2) is 55.5 Å². The summed E-state index contributed by atoms with van der Waals surface area (Å²) < 4.78 is 26.0. The van der Waals surface area contributed by atoms with Gasteiger partial charge in [-0.1, -0.05) is 6.07 Å². The molecular formula is C22H29N3O2S2.